The topological polar surface area (TPSA) is 85.4 Å². The Morgan fingerprint density at radius 2 is 1.93 bits per heavy atom. The van der Waals surface area contributed by atoms with Gasteiger partial charge in [-0.2, -0.15) is 0 Å². The van der Waals surface area contributed by atoms with Gasteiger partial charge < -0.3 is 10.1 Å². The molecule has 2 rings (SSSR count). The molecule has 1 N–H and O–H groups in total. The van der Waals surface area contributed by atoms with Crippen molar-refractivity contribution in [2.45, 2.75) is 39.7 Å². The molecule has 27 heavy (non-hydrogen) atoms. The lowest BCUT2D eigenvalue weighted by atomic mass is 9.99. The summed E-state index contributed by atoms with van der Waals surface area (Å²) in [7, 11) is 0. The number of ketones is 1. The molecule has 0 saturated carbocycles. The summed E-state index contributed by atoms with van der Waals surface area (Å²) in [5.41, 5.74) is 2.77. The maximum atomic E-state index is 12.3. The Hall–Kier alpha value is -2.73. The van der Waals surface area contributed by atoms with E-state index in [1.54, 1.807) is 18.2 Å². The number of carbonyl (C=O) groups excluding carboxylic acids is 3. The molecular formula is C20H21ClN2O4. The summed E-state index contributed by atoms with van der Waals surface area (Å²) in [5, 5.41) is 2.68. The third kappa shape index (κ3) is 5.89. The van der Waals surface area contributed by atoms with Crippen molar-refractivity contribution in [3.63, 3.8) is 0 Å². The van der Waals surface area contributed by atoms with E-state index in [2.05, 4.69) is 10.3 Å². The van der Waals surface area contributed by atoms with E-state index in [1.807, 2.05) is 26.0 Å². The molecule has 0 aliphatic rings. The predicted octanol–water partition coefficient (Wildman–Crippen LogP) is 3.89. The van der Waals surface area contributed by atoms with Crippen LogP contribution in [0.3, 0.4) is 0 Å². The van der Waals surface area contributed by atoms with Crippen molar-refractivity contribution in [1.82, 2.24) is 4.98 Å². The third-order valence-electron chi connectivity index (χ3n) is 3.94. The molecule has 0 aliphatic carbocycles. The zero-order valence-corrected chi connectivity index (χ0v) is 16.2. The quantitative estimate of drug-likeness (QED) is 0.442. The number of esters is 1. The van der Waals surface area contributed by atoms with Gasteiger partial charge in [0.1, 0.15) is 0 Å². The Labute approximate surface area is 162 Å². The zero-order valence-electron chi connectivity index (χ0n) is 15.4. The minimum absolute atomic E-state index is 0.0197. The lowest BCUT2D eigenvalue weighted by Crippen LogP contribution is -2.30. The van der Waals surface area contributed by atoms with Crippen LogP contribution in [-0.4, -0.2) is 28.7 Å². The van der Waals surface area contributed by atoms with Gasteiger partial charge in [0.05, 0.1) is 12.1 Å². The number of aromatic nitrogens is 1. The van der Waals surface area contributed by atoms with E-state index in [0.717, 1.165) is 11.1 Å². The van der Waals surface area contributed by atoms with Gasteiger partial charge in [-0.1, -0.05) is 29.3 Å². The largest absolute Gasteiger partial charge is 0.453 e. The minimum atomic E-state index is -1.02. The molecule has 0 spiro atoms. The molecule has 1 atom stereocenters. The number of nitrogens with zero attached hydrogens (tertiary/aromatic N) is 1. The molecule has 0 saturated heterocycles. The van der Waals surface area contributed by atoms with Crippen LogP contribution in [0, 0.1) is 13.8 Å². The van der Waals surface area contributed by atoms with Crippen molar-refractivity contribution < 1.29 is 19.1 Å². The van der Waals surface area contributed by atoms with Gasteiger partial charge in [0.2, 0.25) is 0 Å². The summed E-state index contributed by atoms with van der Waals surface area (Å²) in [6, 6.07) is 8.81. The van der Waals surface area contributed by atoms with Gasteiger partial charge in [-0.15, -0.1) is 0 Å². The highest BCUT2D eigenvalue weighted by Crippen LogP contribution is 2.18. The van der Waals surface area contributed by atoms with E-state index >= 15 is 0 Å². The Kier molecular flexibility index (Phi) is 7.07. The molecule has 0 bridgehead atoms. The maximum Gasteiger partial charge on any atom is 0.307 e. The van der Waals surface area contributed by atoms with Gasteiger partial charge >= 0.3 is 5.97 Å². The van der Waals surface area contributed by atoms with Gasteiger partial charge in [0, 0.05) is 18.2 Å². The van der Waals surface area contributed by atoms with Crippen LogP contribution in [-0.2, 0) is 14.3 Å². The monoisotopic (exact) mass is 388 g/mol. The van der Waals surface area contributed by atoms with Crippen LogP contribution < -0.4 is 5.32 Å². The zero-order chi connectivity index (χ0) is 20.0. The van der Waals surface area contributed by atoms with Crippen molar-refractivity contribution in [2.24, 2.45) is 0 Å². The first-order chi connectivity index (χ1) is 12.8. The smallest absolute Gasteiger partial charge is 0.307 e. The molecular weight excluding hydrogens is 368 g/mol. The van der Waals surface area contributed by atoms with Crippen LogP contribution in [0.4, 0.5) is 5.69 Å². The van der Waals surface area contributed by atoms with Gasteiger partial charge in [-0.3, -0.25) is 14.4 Å². The lowest BCUT2D eigenvalue weighted by Gasteiger charge is -2.14. The van der Waals surface area contributed by atoms with Crippen molar-refractivity contribution in [3.8, 4) is 0 Å². The number of ether oxygens (including phenoxy) is 1. The number of anilines is 1. The Bertz CT molecular complexity index is 867. The fourth-order valence-electron chi connectivity index (χ4n) is 2.41. The summed E-state index contributed by atoms with van der Waals surface area (Å²) in [6.45, 7) is 5.20. The second kappa shape index (κ2) is 9.28. The second-order valence-electron chi connectivity index (χ2n) is 6.20. The van der Waals surface area contributed by atoms with Gasteiger partial charge in [0.15, 0.2) is 17.0 Å². The summed E-state index contributed by atoms with van der Waals surface area (Å²) >= 11 is 5.87. The van der Waals surface area contributed by atoms with E-state index in [1.165, 1.54) is 13.1 Å². The van der Waals surface area contributed by atoms with Crippen molar-refractivity contribution >= 4 is 34.9 Å². The van der Waals surface area contributed by atoms with Crippen LogP contribution in [0.25, 0.3) is 0 Å². The highest BCUT2D eigenvalue weighted by atomic mass is 35.5. The number of carbonyl (C=O) groups is 3. The molecule has 1 aromatic carbocycles. The first-order valence-corrected chi connectivity index (χ1v) is 8.87. The highest BCUT2D eigenvalue weighted by Gasteiger charge is 2.20. The molecule has 7 heteroatoms. The van der Waals surface area contributed by atoms with E-state index < -0.39 is 18.0 Å². The third-order valence-corrected chi connectivity index (χ3v) is 4.25. The number of rotatable bonds is 7. The Morgan fingerprint density at radius 3 is 2.63 bits per heavy atom. The molecule has 0 unspecified atom stereocenters. The molecule has 0 fully saturated rings. The maximum absolute atomic E-state index is 12.3. The number of benzene rings is 1. The van der Waals surface area contributed by atoms with Crippen molar-refractivity contribution in [1.29, 1.82) is 0 Å². The summed E-state index contributed by atoms with van der Waals surface area (Å²) < 4.78 is 5.10. The Balaban J connectivity index is 1.86. The normalized spacial score (nSPS) is 11.6. The predicted molar refractivity (Wildman–Crippen MR) is 103 cm³/mol. The van der Waals surface area contributed by atoms with Crippen molar-refractivity contribution in [2.75, 3.05) is 5.32 Å². The van der Waals surface area contributed by atoms with E-state index in [4.69, 9.17) is 16.3 Å². The number of amides is 1. The molecule has 1 aromatic heterocycles. The van der Waals surface area contributed by atoms with Crippen LogP contribution in [0.1, 0.15) is 41.3 Å². The number of nitrogens with one attached hydrogen (secondary N) is 1. The standard InChI is InChI=1S/C20H21ClN2O4/c1-12-6-7-13(2)15(11-12)17(24)8-9-18(25)27-14(3)20(26)23-16-5-4-10-22-19(16)21/h4-7,10-11,14H,8-9H2,1-3H3,(H,23,26)/t14-/m0/s1. The van der Waals surface area contributed by atoms with E-state index in [9.17, 15) is 14.4 Å². The van der Waals surface area contributed by atoms with Crippen LogP contribution in [0.15, 0.2) is 36.5 Å². The molecule has 142 valence electrons. The number of aryl methyl sites for hydroxylation is 2. The molecule has 1 amide bonds. The van der Waals surface area contributed by atoms with Gasteiger partial charge in [0.25, 0.3) is 5.91 Å². The fraction of sp³-hybridized carbons (Fsp3) is 0.300. The average Bonchev–Trinajstić information content (AvgIpc) is 2.63. The number of pyridine rings is 1. The molecule has 1 heterocycles. The summed E-state index contributed by atoms with van der Waals surface area (Å²) in [5.74, 6) is -1.28. The first-order valence-electron chi connectivity index (χ1n) is 8.49. The van der Waals surface area contributed by atoms with Crippen molar-refractivity contribution in [3.05, 3.63) is 58.4 Å². The Morgan fingerprint density at radius 1 is 1.19 bits per heavy atom. The summed E-state index contributed by atoms with van der Waals surface area (Å²) in [6.07, 6.45) is 0.391. The highest BCUT2D eigenvalue weighted by molar-refractivity contribution is 6.32. The SMILES string of the molecule is Cc1ccc(C)c(C(=O)CCC(=O)O[C@@H](C)C(=O)Nc2cccnc2Cl)c1. The summed E-state index contributed by atoms with van der Waals surface area (Å²) in [4.78, 5) is 40.2. The number of hydrogen-bond acceptors (Lipinski definition) is 5. The molecule has 0 aliphatic heterocycles. The second-order valence-corrected chi connectivity index (χ2v) is 6.56. The lowest BCUT2D eigenvalue weighted by molar-refractivity contribution is -0.153. The minimum Gasteiger partial charge on any atom is -0.453 e. The van der Waals surface area contributed by atoms with E-state index in [-0.39, 0.29) is 23.8 Å². The van der Waals surface area contributed by atoms with Gasteiger partial charge in [-0.05, 0) is 44.5 Å². The van der Waals surface area contributed by atoms with Crippen LogP contribution >= 0.6 is 11.6 Å². The van der Waals surface area contributed by atoms with Gasteiger partial charge in [-0.25, -0.2) is 4.98 Å². The van der Waals surface area contributed by atoms with Crippen LogP contribution in [0.2, 0.25) is 5.15 Å². The number of Topliss-reactive ketones (excluding diaryl/α,β-unsaturated/α-hetero) is 1. The number of halogens is 1. The number of hydrogen-bond donors (Lipinski definition) is 1. The average molecular weight is 389 g/mol. The van der Waals surface area contributed by atoms with E-state index in [0.29, 0.717) is 11.3 Å². The fourth-order valence-corrected chi connectivity index (χ4v) is 2.58. The first kappa shape index (κ1) is 20.6. The molecule has 0 radical (unpaired) electrons. The molecule has 2 aromatic rings. The molecule has 6 nitrogen and oxygen atoms in total. The van der Waals surface area contributed by atoms with Crippen LogP contribution in [0.5, 0.6) is 0 Å².